The Labute approximate surface area is 248 Å². The zero-order chi connectivity index (χ0) is 25.0. The average Bonchev–Trinajstić information content (AvgIpc) is 3.37. The van der Waals surface area contributed by atoms with E-state index >= 15 is 0 Å². The normalized spacial score (nSPS) is 16.6. The van der Waals surface area contributed by atoms with E-state index in [-0.39, 0.29) is 24.8 Å². The van der Waals surface area contributed by atoms with E-state index in [4.69, 9.17) is 0 Å². The van der Waals surface area contributed by atoms with Crippen LogP contribution in [0, 0.1) is 5.92 Å². The summed E-state index contributed by atoms with van der Waals surface area (Å²) in [4.78, 5) is 0. The van der Waals surface area contributed by atoms with E-state index in [1.54, 1.807) is 25.2 Å². The van der Waals surface area contributed by atoms with Gasteiger partial charge >= 0.3 is 226 Å². The fraction of sp³-hybridized carbons (Fsp3) is 0.206. The Balaban J connectivity index is 0.00000168. The predicted octanol–water partition coefficient (Wildman–Crippen LogP) is 3.11. The van der Waals surface area contributed by atoms with Gasteiger partial charge in [0.05, 0.1) is 0 Å². The first-order chi connectivity index (χ1) is 17.3. The van der Waals surface area contributed by atoms with Gasteiger partial charge in [0.15, 0.2) is 0 Å². The number of rotatable bonds is 4. The maximum absolute atomic E-state index is 2.80. The first-order valence-corrected chi connectivity index (χ1v) is 20.7. The molecule has 2 aliphatic carbocycles. The summed E-state index contributed by atoms with van der Waals surface area (Å²) in [5.74, 6) is 0.535. The van der Waals surface area contributed by atoms with Gasteiger partial charge in [0, 0.05) is 0 Å². The van der Waals surface area contributed by atoms with Gasteiger partial charge in [-0.2, -0.15) is 0 Å². The van der Waals surface area contributed by atoms with E-state index in [1.807, 2.05) is 0 Å². The van der Waals surface area contributed by atoms with Crippen molar-refractivity contribution in [1.82, 2.24) is 0 Å². The van der Waals surface area contributed by atoms with Crippen LogP contribution in [-0.4, -0.2) is 11.8 Å². The number of allylic oxidation sites excluding steroid dienone is 4. The third-order valence-electron chi connectivity index (χ3n) is 8.08. The smallest absolute Gasteiger partial charge is 1.00 e. The van der Waals surface area contributed by atoms with Crippen molar-refractivity contribution in [3.8, 4) is 11.1 Å². The third-order valence-corrected chi connectivity index (χ3v) is 18.4. The first kappa shape index (κ1) is 29.2. The summed E-state index contributed by atoms with van der Waals surface area (Å²) in [6.07, 6.45) is 2.64. The number of hydrogen-bond acceptors (Lipinski definition) is 0. The van der Waals surface area contributed by atoms with E-state index in [1.165, 1.54) is 27.5 Å². The largest absolute Gasteiger partial charge is 1.00 e. The molecule has 4 aromatic carbocycles. The Hall–Kier alpha value is -1.83. The topological polar surface area (TPSA) is 0 Å². The predicted molar refractivity (Wildman–Crippen MR) is 156 cm³/mol. The Morgan fingerprint density at radius 3 is 1.87 bits per heavy atom. The van der Waals surface area contributed by atoms with Crippen molar-refractivity contribution >= 4 is 22.6 Å². The number of benzene rings is 4. The quantitative estimate of drug-likeness (QED) is 0.304. The molecule has 192 valence electrons. The Bertz CT molecular complexity index is 1560. The van der Waals surface area contributed by atoms with Crippen LogP contribution >= 0.6 is 0 Å². The molecule has 2 aliphatic rings. The second kappa shape index (κ2) is 11.3. The molecule has 0 radical (unpaired) electrons. The van der Waals surface area contributed by atoms with Gasteiger partial charge in [0.1, 0.15) is 0 Å². The minimum absolute atomic E-state index is 0. The van der Waals surface area contributed by atoms with Crippen molar-refractivity contribution < 1.29 is 46.1 Å². The van der Waals surface area contributed by atoms with Crippen LogP contribution in [0.2, 0.25) is 19.6 Å². The van der Waals surface area contributed by atoms with Gasteiger partial charge in [-0.15, -0.1) is 0 Å². The number of halogens is 2. The molecule has 1 atom stereocenters. The molecule has 0 aliphatic heterocycles. The molecule has 0 bridgehead atoms. The van der Waals surface area contributed by atoms with Gasteiger partial charge in [0.2, 0.25) is 0 Å². The molecular weight excluding hydrogens is 599 g/mol. The number of hydrogen-bond donors (Lipinski definition) is 0. The van der Waals surface area contributed by atoms with Crippen LogP contribution in [0.1, 0.15) is 34.2 Å². The summed E-state index contributed by atoms with van der Waals surface area (Å²) in [7, 11) is -1.41. The maximum atomic E-state index is 2.80. The molecule has 0 saturated heterocycles. The molecule has 0 aromatic heterocycles. The van der Waals surface area contributed by atoms with E-state index in [9.17, 15) is 0 Å². The van der Waals surface area contributed by atoms with E-state index in [0.29, 0.717) is 9.54 Å². The van der Waals surface area contributed by atoms with E-state index in [2.05, 4.69) is 134 Å². The molecule has 1 unspecified atom stereocenters. The SMILES string of the molecule is CC1=[C](/[Zr+2](=[CH]/c2cccc3ccccc23)[CH]2c3ccccc3-c3ccccc32)C(C)C=C1[Si](C)(C)C.[Cl-].[Cl-]. The third kappa shape index (κ3) is 4.95. The zero-order valence-corrected chi connectivity index (χ0v) is 27.7. The molecule has 38 heavy (non-hydrogen) atoms. The minimum Gasteiger partial charge on any atom is -1.00 e. The van der Waals surface area contributed by atoms with Crippen LogP contribution in [0.4, 0.5) is 0 Å². The summed E-state index contributed by atoms with van der Waals surface area (Å²) in [6.45, 7) is 12.4. The minimum atomic E-state index is -2.46. The molecule has 0 nitrogen and oxygen atoms in total. The van der Waals surface area contributed by atoms with Crippen molar-refractivity contribution in [2.45, 2.75) is 37.1 Å². The molecule has 6 rings (SSSR count). The molecular formula is C34H34Cl2SiZr. The van der Waals surface area contributed by atoms with Crippen molar-refractivity contribution in [2.75, 3.05) is 0 Å². The van der Waals surface area contributed by atoms with Crippen molar-refractivity contribution in [1.29, 1.82) is 0 Å². The summed E-state index contributed by atoms with van der Waals surface area (Å²) in [6, 6.07) is 34.2. The summed E-state index contributed by atoms with van der Waals surface area (Å²) < 4.78 is 5.12. The van der Waals surface area contributed by atoms with Crippen LogP contribution < -0.4 is 24.8 Å². The van der Waals surface area contributed by atoms with E-state index < -0.39 is 29.3 Å². The Kier molecular flexibility index (Phi) is 8.70. The van der Waals surface area contributed by atoms with Gasteiger partial charge in [-0.05, 0) is 0 Å². The maximum Gasteiger partial charge on any atom is -1.00 e. The second-order valence-corrected chi connectivity index (χ2v) is 22.2. The van der Waals surface area contributed by atoms with Crippen molar-refractivity contribution in [3.63, 3.8) is 0 Å². The monoisotopic (exact) mass is 630 g/mol. The van der Waals surface area contributed by atoms with Crippen molar-refractivity contribution in [3.05, 3.63) is 128 Å². The van der Waals surface area contributed by atoms with Crippen LogP contribution in [0.5, 0.6) is 0 Å². The van der Waals surface area contributed by atoms with E-state index in [0.717, 1.165) is 0 Å². The van der Waals surface area contributed by atoms with Gasteiger partial charge in [-0.25, -0.2) is 0 Å². The summed E-state index contributed by atoms with van der Waals surface area (Å²) in [5.41, 5.74) is 9.07. The van der Waals surface area contributed by atoms with Crippen LogP contribution in [0.15, 0.2) is 111 Å². The van der Waals surface area contributed by atoms with Crippen LogP contribution in [0.25, 0.3) is 21.9 Å². The fourth-order valence-electron chi connectivity index (χ4n) is 6.59. The van der Waals surface area contributed by atoms with Crippen molar-refractivity contribution in [2.24, 2.45) is 5.92 Å². The molecule has 0 heterocycles. The van der Waals surface area contributed by atoms with Gasteiger partial charge in [-0.1, -0.05) is 0 Å². The van der Waals surface area contributed by atoms with Crippen LogP contribution in [0.3, 0.4) is 0 Å². The molecule has 4 heteroatoms. The second-order valence-electron chi connectivity index (χ2n) is 11.4. The van der Waals surface area contributed by atoms with Gasteiger partial charge in [0.25, 0.3) is 0 Å². The first-order valence-electron chi connectivity index (χ1n) is 13.2. The zero-order valence-electron chi connectivity index (χ0n) is 22.7. The Morgan fingerprint density at radius 2 is 1.26 bits per heavy atom. The number of fused-ring (bicyclic) bond motifs is 4. The van der Waals surface area contributed by atoms with Gasteiger partial charge < -0.3 is 24.8 Å². The molecule has 0 saturated carbocycles. The van der Waals surface area contributed by atoms with Crippen LogP contribution in [-0.2, 0) is 21.3 Å². The fourth-order valence-corrected chi connectivity index (χ4v) is 17.7. The molecule has 0 N–H and O–H groups in total. The molecule has 0 amide bonds. The average molecular weight is 633 g/mol. The molecule has 0 fully saturated rings. The molecule has 4 aromatic rings. The summed E-state index contributed by atoms with van der Waals surface area (Å²) >= 11 is -2.46. The standard InChI is InChI=1S/C13H9.C11H8.C10H17Si.2ClH.Zr/c1-3-7-12-10(5-1)9-11-6-2-4-8-13(11)12;1-9-5-4-7-10-6-2-3-8-11(9)10;1-8-6-9(2)10(7-8)11(3,4)5;;;/h1-9H;1-8H;7-8H,1-5H3;2*1H;/q;;;;;+2/p-2. The summed E-state index contributed by atoms with van der Waals surface area (Å²) in [5, 5.41) is 4.42. The molecule has 0 spiro atoms. The Morgan fingerprint density at radius 1 is 0.711 bits per heavy atom. The van der Waals surface area contributed by atoms with Gasteiger partial charge in [-0.3, -0.25) is 0 Å².